The summed E-state index contributed by atoms with van der Waals surface area (Å²) in [6.07, 6.45) is 1.57. The normalized spacial score (nSPS) is 23.0. The van der Waals surface area contributed by atoms with E-state index >= 15 is 0 Å². The van der Waals surface area contributed by atoms with Crippen LogP contribution in [-0.2, 0) is 4.79 Å². The fraction of sp³-hybridized carbons (Fsp3) is 0.379. The lowest BCUT2D eigenvalue weighted by Crippen LogP contribution is -2.47. The largest absolute Gasteiger partial charge is 0.454 e. The Balaban J connectivity index is 1.37. The number of hydrogen-bond donors (Lipinski definition) is 1. The van der Waals surface area contributed by atoms with Crippen molar-refractivity contribution in [3.63, 3.8) is 0 Å². The second-order valence-corrected chi connectivity index (χ2v) is 9.71. The molecule has 1 unspecified atom stereocenters. The van der Waals surface area contributed by atoms with Crippen molar-refractivity contribution < 1.29 is 14.0 Å². The van der Waals surface area contributed by atoms with Crippen LogP contribution >= 0.6 is 0 Å². The van der Waals surface area contributed by atoms with E-state index < -0.39 is 6.04 Å². The maximum Gasteiger partial charge on any atom is 0.290 e. The maximum absolute atomic E-state index is 13.8. The number of carbonyl (C=O) groups excluding carboxylic acids is 2. The summed E-state index contributed by atoms with van der Waals surface area (Å²) in [6.45, 7) is 3.91. The van der Waals surface area contributed by atoms with Crippen molar-refractivity contribution in [2.24, 2.45) is 0 Å². The molecule has 2 amide bonds. The van der Waals surface area contributed by atoms with Gasteiger partial charge in [-0.15, -0.1) is 0 Å². The monoisotopic (exact) mass is 471 g/mol. The van der Waals surface area contributed by atoms with E-state index in [0.29, 0.717) is 31.2 Å². The Bertz CT molecular complexity index is 1160. The molecule has 0 spiro atoms. The molecule has 6 nitrogen and oxygen atoms in total. The Morgan fingerprint density at radius 1 is 0.914 bits per heavy atom. The quantitative estimate of drug-likeness (QED) is 0.572. The molecule has 4 atom stereocenters. The highest BCUT2D eigenvalue weighted by Crippen LogP contribution is 2.36. The summed E-state index contributed by atoms with van der Waals surface area (Å²) in [5, 5.41) is 3.13. The van der Waals surface area contributed by atoms with Crippen LogP contribution in [0.1, 0.15) is 65.1 Å². The third kappa shape index (κ3) is 4.76. The molecule has 6 heteroatoms. The third-order valence-corrected chi connectivity index (χ3v) is 7.59. The van der Waals surface area contributed by atoms with Gasteiger partial charge in [-0.05, 0) is 50.1 Å². The zero-order valence-corrected chi connectivity index (χ0v) is 20.4. The van der Waals surface area contributed by atoms with Crippen LogP contribution in [0.5, 0.6) is 0 Å². The molecule has 3 aromatic rings. The first-order valence-corrected chi connectivity index (χ1v) is 12.5. The van der Waals surface area contributed by atoms with E-state index in [-0.39, 0.29) is 29.5 Å². The molecule has 2 aliphatic heterocycles. The van der Waals surface area contributed by atoms with Crippen LogP contribution in [0, 0.1) is 0 Å². The minimum atomic E-state index is -0.488. The average Bonchev–Trinajstić information content (AvgIpc) is 3.68. The number of nitrogens with one attached hydrogen (secondary N) is 1. The number of nitrogens with zero attached hydrogens (tertiary/aromatic N) is 2. The van der Waals surface area contributed by atoms with E-state index in [0.717, 1.165) is 18.5 Å². The molecule has 182 valence electrons. The summed E-state index contributed by atoms with van der Waals surface area (Å²) < 4.78 is 5.90. The van der Waals surface area contributed by atoms with Gasteiger partial charge in [-0.25, -0.2) is 0 Å². The number of rotatable bonds is 6. The van der Waals surface area contributed by atoms with Gasteiger partial charge in [0.15, 0.2) is 5.76 Å². The van der Waals surface area contributed by atoms with Gasteiger partial charge in [0, 0.05) is 31.5 Å². The molecule has 0 saturated carbocycles. The first-order chi connectivity index (χ1) is 17.0. The van der Waals surface area contributed by atoms with Crippen LogP contribution in [0.4, 0.5) is 0 Å². The van der Waals surface area contributed by atoms with E-state index in [2.05, 4.69) is 29.6 Å². The van der Waals surface area contributed by atoms with Crippen LogP contribution in [0.25, 0.3) is 0 Å². The molecule has 5 rings (SSSR count). The summed E-state index contributed by atoms with van der Waals surface area (Å²) in [5.41, 5.74) is 2.43. The van der Waals surface area contributed by atoms with Gasteiger partial charge in [0.2, 0.25) is 5.91 Å². The lowest BCUT2D eigenvalue weighted by molar-refractivity contribution is -0.134. The Kier molecular flexibility index (Phi) is 6.73. The van der Waals surface area contributed by atoms with Crippen molar-refractivity contribution in [3.8, 4) is 0 Å². The van der Waals surface area contributed by atoms with E-state index in [1.807, 2.05) is 61.3 Å². The standard InChI is InChI=1S/C29H33N3O3/c1-20(30-2)26-13-14-27(35-26)29(34)32-19-24(22-11-7-4-8-12-22)17-25(32)28(33)31-16-15-23(18-31)21-9-5-3-6-10-21/h3-14,20,23-25,30H,15-19H2,1-2H3/t20?,23-,24-,25-/m0/s1. The predicted molar refractivity (Wildman–Crippen MR) is 135 cm³/mol. The average molecular weight is 472 g/mol. The molecule has 2 fully saturated rings. The lowest BCUT2D eigenvalue weighted by Gasteiger charge is -2.27. The van der Waals surface area contributed by atoms with Gasteiger partial charge in [0.05, 0.1) is 6.04 Å². The van der Waals surface area contributed by atoms with Crippen molar-refractivity contribution in [3.05, 3.63) is 95.4 Å². The van der Waals surface area contributed by atoms with E-state index in [9.17, 15) is 9.59 Å². The van der Waals surface area contributed by atoms with E-state index in [1.165, 1.54) is 5.56 Å². The van der Waals surface area contributed by atoms with Gasteiger partial charge < -0.3 is 19.5 Å². The van der Waals surface area contributed by atoms with Crippen LogP contribution in [-0.4, -0.2) is 54.3 Å². The zero-order chi connectivity index (χ0) is 24.4. The van der Waals surface area contributed by atoms with Gasteiger partial charge in [0.1, 0.15) is 11.8 Å². The highest BCUT2D eigenvalue weighted by Gasteiger charge is 2.44. The van der Waals surface area contributed by atoms with Crippen LogP contribution in [0.3, 0.4) is 0 Å². The van der Waals surface area contributed by atoms with Crippen LogP contribution < -0.4 is 5.32 Å². The molecular formula is C29H33N3O3. The van der Waals surface area contributed by atoms with Crippen molar-refractivity contribution in [1.29, 1.82) is 0 Å². The molecular weight excluding hydrogens is 438 g/mol. The Hall–Kier alpha value is -3.38. The molecule has 0 aliphatic carbocycles. The number of benzene rings is 2. The molecule has 35 heavy (non-hydrogen) atoms. The lowest BCUT2D eigenvalue weighted by atomic mass is 9.96. The fourth-order valence-electron chi connectivity index (χ4n) is 5.41. The van der Waals surface area contributed by atoms with Crippen molar-refractivity contribution >= 4 is 11.8 Å². The Morgan fingerprint density at radius 2 is 1.57 bits per heavy atom. The van der Waals surface area contributed by atoms with Crippen LogP contribution in [0.2, 0.25) is 0 Å². The number of hydrogen-bond acceptors (Lipinski definition) is 4. The maximum atomic E-state index is 13.8. The molecule has 2 aromatic carbocycles. The third-order valence-electron chi connectivity index (χ3n) is 7.59. The number of carbonyl (C=O) groups is 2. The summed E-state index contributed by atoms with van der Waals surface area (Å²) in [6, 6.07) is 23.7. The van der Waals surface area contributed by atoms with E-state index in [4.69, 9.17) is 4.42 Å². The molecule has 2 saturated heterocycles. The summed E-state index contributed by atoms with van der Waals surface area (Å²) in [5.74, 6) is 1.29. The van der Waals surface area contributed by atoms with Gasteiger partial charge in [-0.1, -0.05) is 60.7 Å². The van der Waals surface area contributed by atoms with Crippen molar-refractivity contribution in [1.82, 2.24) is 15.1 Å². The number of furan rings is 1. The minimum absolute atomic E-state index is 0.00384. The Labute approximate surface area is 206 Å². The highest BCUT2D eigenvalue weighted by molar-refractivity contribution is 5.96. The topological polar surface area (TPSA) is 65.8 Å². The molecule has 1 N–H and O–H groups in total. The molecule has 0 radical (unpaired) electrons. The predicted octanol–water partition coefficient (Wildman–Crippen LogP) is 4.57. The molecule has 3 heterocycles. The van der Waals surface area contributed by atoms with Crippen molar-refractivity contribution in [2.45, 2.75) is 43.7 Å². The smallest absolute Gasteiger partial charge is 0.290 e. The SMILES string of the molecule is CNC(C)c1ccc(C(=O)N2C[C@@H](c3ccccc3)C[C@H]2C(=O)N2CC[C@H](c3ccccc3)C2)o1. The number of likely N-dealkylation sites (tertiary alicyclic amines) is 2. The molecule has 2 aliphatic rings. The minimum Gasteiger partial charge on any atom is -0.454 e. The van der Waals surface area contributed by atoms with Gasteiger partial charge in [0.25, 0.3) is 5.91 Å². The van der Waals surface area contributed by atoms with Crippen molar-refractivity contribution in [2.75, 3.05) is 26.7 Å². The highest BCUT2D eigenvalue weighted by atomic mass is 16.4. The Morgan fingerprint density at radius 3 is 2.23 bits per heavy atom. The summed E-state index contributed by atoms with van der Waals surface area (Å²) in [4.78, 5) is 31.1. The molecule has 0 bridgehead atoms. The second kappa shape index (κ2) is 10.1. The van der Waals surface area contributed by atoms with Gasteiger partial charge in [-0.2, -0.15) is 0 Å². The number of amides is 2. The van der Waals surface area contributed by atoms with E-state index in [1.54, 1.807) is 11.0 Å². The second-order valence-electron chi connectivity index (χ2n) is 9.71. The first-order valence-electron chi connectivity index (χ1n) is 12.5. The summed E-state index contributed by atoms with van der Waals surface area (Å²) in [7, 11) is 1.85. The van der Waals surface area contributed by atoms with Gasteiger partial charge >= 0.3 is 0 Å². The molecule has 1 aromatic heterocycles. The fourth-order valence-corrected chi connectivity index (χ4v) is 5.41. The summed E-state index contributed by atoms with van der Waals surface area (Å²) >= 11 is 0. The zero-order valence-electron chi connectivity index (χ0n) is 20.4. The first kappa shape index (κ1) is 23.4. The van der Waals surface area contributed by atoms with Gasteiger partial charge in [-0.3, -0.25) is 9.59 Å². The van der Waals surface area contributed by atoms with Crippen LogP contribution in [0.15, 0.2) is 77.2 Å².